The minimum Gasteiger partial charge on any atom is -0.354 e. The molecule has 1 aromatic heterocycles. The van der Waals surface area contributed by atoms with Crippen LogP contribution in [0.15, 0.2) is 42.6 Å². The molecule has 90 valence electrons. The Labute approximate surface area is 107 Å². The van der Waals surface area contributed by atoms with E-state index in [4.69, 9.17) is 5.26 Å². The highest BCUT2D eigenvalue weighted by molar-refractivity contribution is 5.59. The lowest BCUT2D eigenvalue weighted by Gasteiger charge is -2.09. The van der Waals surface area contributed by atoms with Gasteiger partial charge in [0.05, 0.1) is 11.9 Å². The quantitative estimate of drug-likeness (QED) is 0.882. The van der Waals surface area contributed by atoms with Gasteiger partial charge in [-0.05, 0) is 35.7 Å². The molecule has 3 heteroatoms. The Bertz CT molecular complexity index is 548. The molecular formula is C15H15N3. The van der Waals surface area contributed by atoms with E-state index in [1.54, 1.807) is 12.3 Å². The fraction of sp³-hybridized carbons (Fsp3) is 0.200. The van der Waals surface area contributed by atoms with Gasteiger partial charge in [0.1, 0.15) is 11.8 Å². The Morgan fingerprint density at radius 3 is 2.22 bits per heavy atom. The summed E-state index contributed by atoms with van der Waals surface area (Å²) in [4.78, 5) is 4.02. The van der Waals surface area contributed by atoms with E-state index in [1.165, 1.54) is 5.56 Å². The van der Waals surface area contributed by atoms with E-state index in [9.17, 15) is 0 Å². The first-order valence-electron chi connectivity index (χ1n) is 5.92. The molecule has 2 aromatic rings. The van der Waals surface area contributed by atoms with E-state index in [0.29, 0.717) is 11.6 Å². The predicted molar refractivity (Wildman–Crippen MR) is 72.8 cm³/mol. The molecule has 0 unspecified atom stereocenters. The number of hydrogen-bond donors (Lipinski definition) is 1. The van der Waals surface area contributed by atoms with Crippen LogP contribution in [0, 0.1) is 11.3 Å². The number of benzene rings is 1. The number of pyridine rings is 1. The van der Waals surface area contributed by atoms with Crippen molar-refractivity contribution in [3.63, 3.8) is 0 Å². The van der Waals surface area contributed by atoms with Crippen LogP contribution in [0.3, 0.4) is 0 Å². The Morgan fingerprint density at radius 2 is 1.72 bits per heavy atom. The molecule has 0 fully saturated rings. The standard InChI is InChI=1S/C15H15N3/c1-11(2)12-3-5-13(6-4-12)18-15-8-7-14(9-16)17-10-15/h3-8,10-11,18H,1-2H3. The van der Waals surface area contributed by atoms with E-state index in [0.717, 1.165) is 11.4 Å². The Hall–Kier alpha value is -2.34. The number of aromatic nitrogens is 1. The number of nitrogens with zero attached hydrogens (tertiary/aromatic N) is 2. The van der Waals surface area contributed by atoms with E-state index >= 15 is 0 Å². The van der Waals surface area contributed by atoms with Crippen LogP contribution in [-0.2, 0) is 0 Å². The molecule has 0 bridgehead atoms. The number of nitriles is 1. The summed E-state index contributed by atoms with van der Waals surface area (Å²) < 4.78 is 0. The second-order valence-corrected chi connectivity index (χ2v) is 4.45. The molecule has 0 saturated heterocycles. The third-order valence-electron chi connectivity index (χ3n) is 2.74. The number of rotatable bonds is 3. The van der Waals surface area contributed by atoms with Gasteiger partial charge >= 0.3 is 0 Å². The van der Waals surface area contributed by atoms with Gasteiger partial charge in [0.15, 0.2) is 0 Å². The Kier molecular flexibility index (Phi) is 3.59. The maximum Gasteiger partial charge on any atom is 0.140 e. The summed E-state index contributed by atoms with van der Waals surface area (Å²) in [6.07, 6.45) is 1.66. The van der Waals surface area contributed by atoms with Crippen LogP contribution < -0.4 is 5.32 Å². The first-order chi connectivity index (χ1) is 8.69. The van der Waals surface area contributed by atoms with Crippen molar-refractivity contribution in [2.24, 2.45) is 0 Å². The summed E-state index contributed by atoms with van der Waals surface area (Å²) in [5.41, 5.74) is 3.64. The molecule has 0 amide bonds. The van der Waals surface area contributed by atoms with Gasteiger partial charge < -0.3 is 5.32 Å². The van der Waals surface area contributed by atoms with Crippen molar-refractivity contribution >= 4 is 11.4 Å². The normalized spacial score (nSPS) is 10.1. The topological polar surface area (TPSA) is 48.7 Å². The van der Waals surface area contributed by atoms with E-state index in [-0.39, 0.29) is 0 Å². The third kappa shape index (κ3) is 2.86. The number of nitrogens with one attached hydrogen (secondary N) is 1. The SMILES string of the molecule is CC(C)c1ccc(Nc2ccc(C#N)nc2)cc1. The molecule has 0 aliphatic heterocycles. The summed E-state index contributed by atoms with van der Waals surface area (Å²) in [6, 6.07) is 13.9. The molecule has 18 heavy (non-hydrogen) atoms. The number of hydrogen-bond acceptors (Lipinski definition) is 3. The van der Waals surface area contributed by atoms with Crippen LogP contribution in [0.1, 0.15) is 31.0 Å². The predicted octanol–water partition coefficient (Wildman–Crippen LogP) is 3.82. The summed E-state index contributed by atoms with van der Waals surface area (Å²) >= 11 is 0. The van der Waals surface area contributed by atoms with Crippen molar-refractivity contribution in [1.29, 1.82) is 5.26 Å². The second-order valence-electron chi connectivity index (χ2n) is 4.45. The lowest BCUT2D eigenvalue weighted by molar-refractivity contribution is 0.867. The van der Waals surface area contributed by atoms with Crippen molar-refractivity contribution < 1.29 is 0 Å². The van der Waals surface area contributed by atoms with Crippen LogP contribution in [0.25, 0.3) is 0 Å². The zero-order valence-electron chi connectivity index (χ0n) is 10.5. The van der Waals surface area contributed by atoms with Gasteiger partial charge in [0, 0.05) is 5.69 Å². The maximum atomic E-state index is 8.67. The van der Waals surface area contributed by atoms with Gasteiger partial charge in [-0.3, -0.25) is 0 Å². The van der Waals surface area contributed by atoms with E-state index < -0.39 is 0 Å². The Balaban J connectivity index is 2.11. The fourth-order valence-corrected chi connectivity index (χ4v) is 1.65. The molecule has 0 atom stereocenters. The second kappa shape index (κ2) is 5.33. The minimum atomic E-state index is 0.427. The molecular weight excluding hydrogens is 222 g/mol. The molecule has 0 saturated carbocycles. The first kappa shape index (κ1) is 12.1. The van der Waals surface area contributed by atoms with Gasteiger partial charge in [-0.2, -0.15) is 5.26 Å². The molecule has 1 heterocycles. The van der Waals surface area contributed by atoms with E-state index in [1.807, 2.05) is 24.3 Å². The van der Waals surface area contributed by atoms with Crippen molar-refractivity contribution in [3.05, 3.63) is 53.9 Å². The number of anilines is 2. The van der Waals surface area contributed by atoms with Crippen LogP contribution in [-0.4, -0.2) is 4.98 Å². The lowest BCUT2D eigenvalue weighted by Crippen LogP contribution is -1.93. The lowest BCUT2D eigenvalue weighted by atomic mass is 10.0. The van der Waals surface area contributed by atoms with E-state index in [2.05, 4.69) is 36.3 Å². The van der Waals surface area contributed by atoms with Crippen LogP contribution >= 0.6 is 0 Å². The summed E-state index contributed by atoms with van der Waals surface area (Å²) in [5, 5.41) is 11.9. The Morgan fingerprint density at radius 1 is 1.06 bits per heavy atom. The van der Waals surface area contributed by atoms with Crippen molar-refractivity contribution in [2.45, 2.75) is 19.8 Å². The minimum absolute atomic E-state index is 0.427. The van der Waals surface area contributed by atoms with Crippen LogP contribution in [0.2, 0.25) is 0 Å². The highest BCUT2D eigenvalue weighted by Gasteiger charge is 1.99. The van der Waals surface area contributed by atoms with Gasteiger partial charge in [-0.1, -0.05) is 26.0 Å². The molecule has 0 aliphatic carbocycles. The molecule has 0 aliphatic rings. The average molecular weight is 237 g/mol. The van der Waals surface area contributed by atoms with Crippen LogP contribution in [0.5, 0.6) is 0 Å². The fourth-order valence-electron chi connectivity index (χ4n) is 1.65. The third-order valence-corrected chi connectivity index (χ3v) is 2.74. The maximum absolute atomic E-state index is 8.67. The summed E-state index contributed by atoms with van der Waals surface area (Å²) in [7, 11) is 0. The summed E-state index contributed by atoms with van der Waals surface area (Å²) in [5.74, 6) is 0.538. The highest BCUT2D eigenvalue weighted by atomic mass is 14.9. The smallest absolute Gasteiger partial charge is 0.140 e. The molecule has 3 nitrogen and oxygen atoms in total. The van der Waals surface area contributed by atoms with Crippen molar-refractivity contribution in [3.8, 4) is 6.07 Å². The average Bonchev–Trinajstić information content (AvgIpc) is 2.40. The molecule has 0 spiro atoms. The van der Waals surface area contributed by atoms with Gasteiger partial charge in [0.2, 0.25) is 0 Å². The zero-order chi connectivity index (χ0) is 13.0. The molecule has 0 radical (unpaired) electrons. The highest BCUT2D eigenvalue weighted by Crippen LogP contribution is 2.20. The monoisotopic (exact) mass is 237 g/mol. The van der Waals surface area contributed by atoms with Gasteiger partial charge in [-0.15, -0.1) is 0 Å². The van der Waals surface area contributed by atoms with Crippen LogP contribution in [0.4, 0.5) is 11.4 Å². The first-order valence-corrected chi connectivity index (χ1v) is 5.92. The zero-order valence-corrected chi connectivity index (χ0v) is 10.5. The van der Waals surface area contributed by atoms with Gasteiger partial charge in [-0.25, -0.2) is 4.98 Å². The van der Waals surface area contributed by atoms with Crippen molar-refractivity contribution in [1.82, 2.24) is 4.98 Å². The largest absolute Gasteiger partial charge is 0.354 e. The van der Waals surface area contributed by atoms with Gasteiger partial charge in [0.25, 0.3) is 0 Å². The molecule has 1 N–H and O–H groups in total. The molecule has 2 rings (SSSR count). The van der Waals surface area contributed by atoms with Crippen molar-refractivity contribution in [2.75, 3.05) is 5.32 Å². The summed E-state index contributed by atoms with van der Waals surface area (Å²) in [6.45, 7) is 4.35. The molecule has 1 aromatic carbocycles.